The summed E-state index contributed by atoms with van der Waals surface area (Å²) in [6.45, 7) is 1.03. The van der Waals surface area contributed by atoms with Gasteiger partial charge in [0, 0.05) is 25.2 Å². The summed E-state index contributed by atoms with van der Waals surface area (Å²) in [4.78, 5) is 0. The molecule has 0 aromatic carbocycles. The van der Waals surface area contributed by atoms with Crippen LogP contribution in [-0.4, -0.2) is 72.0 Å². The van der Waals surface area contributed by atoms with E-state index in [2.05, 4.69) is 10.6 Å². The van der Waals surface area contributed by atoms with E-state index in [4.69, 9.17) is 20.4 Å². The highest BCUT2D eigenvalue weighted by Crippen LogP contribution is 2.01. The van der Waals surface area contributed by atoms with E-state index in [0.29, 0.717) is 25.9 Å². The van der Waals surface area contributed by atoms with Crippen LogP contribution in [0.1, 0.15) is 12.8 Å². The van der Waals surface area contributed by atoms with Gasteiger partial charge in [0.15, 0.2) is 0 Å². The van der Waals surface area contributed by atoms with E-state index in [-0.39, 0.29) is 38.5 Å². The molecule has 6 N–H and O–H groups in total. The second-order valence-corrected chi connectivity index (χ2v) is 3.69. The van der Waals surface area contributed by atoms with Crippen LogP contribution in [-0.2, 0) is 0 Å². The fourth-order valence-electron chi connectivity index (χ4n) is 1.46. The van der Waals surface area contributed by atoms with E-state index in [1.165, 1.54) is 0 Å². The molecule has 6 nitrogen and oxygen atoms in total. The molecule has 0 rings (SSSR count). The lowest BCUT2D eigenvalue weighted by Gasteiger charge is -2.20. The van der Waals surface area contributed by atoms with Crippen LogP contribution in [0, 0.1) is 0 Å². The van der Waals surface area contributed by atoms with Crippen LogP contribution in [0.2, 0.25) is 0 Å². The van der Waals surface area contributed by atoms with Gasteiger partial charge in [-0.25, -0.2) is 0 Å². The van der Waals surface area contributed by atoms with Gasteiger partial charge in [-0.15, -0.1) is 0 Å². The van der Waals surface area contributed by atoms with Crippen molar-refractivity contribution in [1.82, 2.24) is 10.6 Å². The van der Waals surface area contributed by atoms with Crippen molar-refractivity contribution < 1.29 is 20.4 Å². The van der Waals surface area contributed by atoms with Gasteiger partial charge in [-0.3, -0.25) is 0 Å². The SMILES string of the molecule is OCCNC(CO)CCC(CO)NCCO. The third kappa shape index (κ3) is 7.98. The van der Waals surface area contributed by atoms with Crippen molar-refractivity contribution in [2.45, 2.75) is 24.9 Å². The molecule has 0 bridgehead atoms. The Morgan fingerprint density at radius 2 is 1.06 bits per heavy atom. The highest BCUT2D eigenvalue weighted by atomic mass is 16.3. The van der Waals surface area contributed by atoms with Crippen LogP contribution >= 0.6 is 0 Å². The number of rotatable bonds is 11. The largest absolute Gasteiger partial charge is 0.395 e. The molecule has 0 saturated heterocycles. The molecular weight excluding hydrogens is 212 g/mol. The Hall–Kier alpha value is -0.240. The standard InChI is InChI=1S/C10H24N2O4/c13-5-3-11-9(7-15)1-2-10(8-16)12-4-6-14/h9-16H,1-8H2. The second-order valence-electron chi connectivity index (χ2n) is 3.69. The third-order valence-electron chi connectivity index (χ3n) is 2.39. The van der Waals surface area contributed by atoms with Gasteiger partial charge in [0.1, 0.15) is 0 Å². The maximum atomic E-state index is 9.05. The summed E-state index contributed by atoms with van der Waals surface area (Å²) >= 11 is 0. The summed E-state index contributed by atoms with van der Waals surface area (Å²) in [6.07, 6.45) is 1.42. The minimum Gasteiger partial charge on any atom is -0.395 e. The first kappa shape index (κ1) is 15.8. The van der Waals surface area contributed by atoms with Crippen molar-refractivity contribution in [3.05, 3.63) is 0 Å². The minimum absolute atomic E-state index is 0.0121. The lowest BCUT2D eigenvalue weighted by molar-refractivity contribution is 0.193. The van der Waals surface area contributed by atoms with Crippen LogP contribution in [0.4, 0.5) is 0 Å². The Kier molecular flexibility index (Phi) is 11.1. The third-order valence-corrected chi connectivity index (χ3v) is 2.39. The van der Waals surface area contributed by atoms with Gasteiger partial charge in [-0.1, -0.05) is 0 Å². The van der Waals surface area contributed by atoms with Crippen molar-refractivity contribution in [1.29, 1.82) is 0 Å². The molecule has 0 aliphatic carbocycles. The van der Waals surface area contributed by atoms with Crippen LogP contribution in [0.15, 0.2) is 0 Å². The number of hydrogen-bond donors (Lipinski definition) is 6. The highest BCUT2D eigenvalue weighted by molar-refractivity contribution is 4.71. The first-order valence-electron chi connectivity index (χ1n) is 5.68. The zero-order chi connectivity index (χ0) is 12.2. The molecule has 0 fully saturated rings. The molecule has 0 saturated carbocycles. The molecular formula is C10H24N2O4. The number of aliphatic hydroxyl groups is 4. The summed E-state index contributed by atoms with van der Waals surface area (Å²) in [5.41, 5.74) is 0. The lowest BCUT2D eigenvalue weighted by atomic mass is 10.1. The quantitative estimate of drug-likeness (QED) is 0.240. The Morgan fingerprint density at radius 3 is 1.31 bits per heavy atom. The van der Waals surface area contributed by atoms with Gasteiger partial charge >= 0.3 is 0 Å². The molecule has 0 aromatic rings. The van der Waals surface area contributed by atoms with Crippen molar-refractivity contribution in [2.24, 2.45) is 0 Å². The molecule has 0 aliphatic heterocycles. The summed E-state index contributed by atoms with van der Waals surface area (Å²) in [5, 5.41) is 41.3. The average Bonchev–Trinajstić information content (AvgIpc) is 2.33. The van der Waals surface area contributed by atoms with Gasteiger partial charge in [-0.2, -0.15) is 0 Å². The summed E-state index contributed by atoms with van der Waals surface area (Å²) in [6, 6.07) is -0.116. The molecule has 2 atom stereocenters. The molecule has 0 spiro atoms. The molecule has 0 aromatic heterocycles. The molecule has 0 heterocycles. The maximum absolute atomic E-state index is 9.05. The first-order chi connectivity index (χ1) is 7.78. The zero-order valence-electron chi connectivity index (χ0n) is 9.60. The lowest BCUT2D eigenvalue weighted by Crippen LogP contribution is -2.39. The van der Waals surface area contributed by atoms with Crippen LogP contribution in [0.5, 0.6) is 0 Å². The van der Waals surface area contributed by atoms with Gasteiger partial charge in [-0.05, 0) is 12.8 Å². The van der Waals surface area contributed by atoms with Gasteiger partial charge < -0.3 is 31.1 Å². The maximum Gasteiger partial charge on any atom is 0.0584 e. The van der Waals surface area contributed by atoms with E-state index in [0.717, 1.165) is 0 Å². The molecule has 2 unspecified atom stereocenters. The molecule has 0 aliphatic rings. The Morgan fingerprint density at radius 1 is 0.688 bits per heavy atom. The van der Waals surface area contributed by atoms with Crippen molar-refractivity contribution in [3.63, 3.8) is 0 Å². The number of aliphatic hydroxyl groups excluding tert-OH is 4. The fourth-order valence-corrected chi connectivity index (χ4v) is 1.46. The first-order valence-corrected chi connectivity index (χ1v) is 5.68. The second kappa shape index (κ2) is 11.3. The van der Waals surface area contributed by atoms with Crippen LogP contribution in [0.3, 0.4) is 0 Å². The topological polar surface area (TPSA) is 105 Å². The highest BCUT2D eigenvalue weighted by Gasteiger charge is 2.11. The molecule has 6 heteroatoms. The van der Waals surface area contributed by atoms with Gasteiger partial charge in [0.25, 0.3) is 0 Å². The average molecular weight is 236 g/mol. The Bertz CT molecular complexity index is 133. The minimum atomic E-state index is -0.0582. The predicted molar refractivity (Wildman–Crippen MR) is 61.2 cm³/mol. The summed E-state index contributed by atoms with van der Waals surface area (Å²) < 4.78 is 0. The van der Waals surface area contributed by atoms with E-state index >= 15 is 0 Å². The monoisotopic (exact) mass is 236 g/mol. The number of hydrogen-bond acceptors (Lipinski definition) is 6. The van der Waals surface area contributed by atoms with Crippen molar-refractivity contribution >= 4 is 0 Å². The van der Waals surface area contributed by atoms with Crippen molar-refractivity contribution in [3.8, 4) is 0 Å². The summed E-state index contributed by atoms with van der Waals surface area (Å²) in [5.74, 6) is 0. The van der Waals surface area contributed by atoms with Gasteiger partial charge in [0.05, 0.1) is 26.4 Å². The molecule has 0 radical (unpaired) electrons. The normalized spacial score (nSPS) is 15.0. The van der Waals surface area contributed by atoms with Gasteiger partial charge in [0.2, 0.25) is 0 Å². The molecule has 98 valence electrons. The van der Waals surface area contributed by atoms with E-state index in [1.54, 1.807) is 0 Å². The van der Waals surface area contributed by atoms with Crippen LogP contribution in [0.25, 0.3) is 0 Å². The van der Waals surface area contributed by atoms with Crippen LogP contribution < -0.4 is 10.6 Å². The number of nitrogens with one attached hydrogen (secondary N) is 2. The molecule has 0 amide bonds. The Balaban J connectivity index is 3.69. The predicted octanol–water partition coefficient (Wildman–Crippen LogP) is -2.35. The zero-order valence-corrected chi connectivity index (χ0v) is 9.60. The smallest absolute Gasteiger partial charge is 0.0584 e. The summed E-state index contributed by atoms with van der Waals surface area (Å²) in [7, 11) is 0. The fraction of sp³-hybridized carbons (Fsp3) is 1.00. The Labute approximate surface area is 96.3 Å². The van der Waals surface area contributed by atoms with E-state index < -0.39 is 0 Å². The van der Waals surface area contributed by atoms with E-state index in [9.17, 15) is 0 Å². The van der Waals surface area contributed by atoms with Crippen molar-refractivity contribution in [2.75, 3.05) is 39.5 Å². The molecule has 16 heavy (non-hydrogen) atoms. The van der Waals surface area contributed by atoms with E-state index in [1.807, 2.05) is 0 Å².